The van der Waals surface area contributed by atoms with E-state index in [2.05, 4.69) is 30.3 Å². The molecule has 0 aliphatic carbocycles. The lowest BCUT2D eigenvalue weighted by molar-refractivity contribution is -0.137. The van der Waals surface area contributed by atoms with Crippen molar-refractivity contribution in [2.45, 2.75) is 6.18 Å². The zero-order chi connectivity index (χ0) is 44.3. The van der Waals surface area contributed by atoms with Gasteiger partial charge in [0, 0.05) is 21.5 Å². The van der Waals surface area contributed by atoms with Gasteiger partial charge in [-0.15, -0.1) is 0 Å². The summed E-state index contributed by atoms with van der Waals surface area (Å²) in [4.78, 5) is 0. The highest BCUT2D eigenvalue weighted by atomic mass is 19.4. The van der Waals surface area contributed by atoms with Gasteiger partial charge in [-0.25, -0.2) is 0 Å². The predicted octanol–water partition coefficient (Wildman–Crippen LogP) is 13.3. The van der Waals surface area contributed by atoms with Crippen molar-refractivity contribution in [3.8, 4) is 75.1 Å². The summed E-state index contributed by atoms with van der Waals surface area (Å²) < 4.78 is 50.8. The van der Waals surface area contributed by atoms with Crippen LogP contribution >= 0.6 is 0 Å². The Bertz CT molecular complexity index is 3790. The van der Waals surface area contributed by atoms with Gasteiger partial charge in [0.2, 0.25) is 0 Å². The zero-order valence-corrected chi connectivity index (χ0v) is 33.3. The van der Waals surface area contributed by atoms with Crippen molar-refractivity contribution in [3.63, 3.8) is 0 Å². The van der Waals surface area contributed by atoms with E-state index < -0.39 is 11.7 Å². The van der Waals surface area contributed by atoms with E-state index in [0.717, 1.165) is 27.1 Å². The van der Waals surface area contributed by atoms with Crippen LogP contribution in [-0.4, -0.2) is 9.13 Å². The fourth-order valence-electron chi connectivity index (χ4n) is 8.84. The van der Waals surface area contributed by atoms with Crippen LogP contribution in [0.2, 0.25) is 0 Å². The highest BCUT2D eigenvalue weighted by Crippen LogP contribution is 2.46. The van der Waals surface area contributed by atoms with Gasteiger partial charge in [-0.1, -0.05) is 60.7 Å². The quantitative estimate of drug-likeness (QED) is 0.171. The molecule has 0 fully saturated rings. The Labute approximate surface area is 363 Å². The molecule has 10 aromatic rings. The highest BCUT2D eigenvalue weighted by Gasteiger charge is 2.36. The smallest absolute Gasteiger partial charge is 0.307 e. The number of rotatable bonds is 5. The number of nitrogens with zero attached hydrogens (tertiary/aromatic N) is 7. The summed E-state index contributed by atoms with van der Waals surface area (Å²) in [6.45, 7) is 0. The summed E-state index contributed by atoms with van der Waals surface area (Å²) in [5.74, 6) is 0. The number of hydrogen-bond acceptors (Lipinski definition) is 5. The molecule has 0 unspecified atom stereocenters. The van der Waals surface area contributed by atoms with Crippen molar-refractivity contribution in [1.29, 1.82) is 26.3 Å². The van der Waals surface area contributed by atoms with Gasteiger partial charge in [-0.3, -0.25) is 0 Å². The van der Waals surface area contributed by atoms with Gasteiger partial charge in [0.15, 0.2) is 0 Å². The molecule has 8 aromatic carbocycles. The highest BCUT2D eigenvalue weighted by molar-refractivity contribution is 6.13. The second-order valence-corrected chi connectivity index (χ2v) is 15.3. The minimum absolute atomic E-state index is 0.114. The zero-order valence-electron chi connectivity index (χ0n) is 33.3. The molecule has 2 aromatic heterocycles. The lowest BCUT2D eigenvalue weighted by Gasteiger charge is -2.22. The predicted molar refractivity (Wildman–Crippen MR) is 240 cm³/mol. The third-order valence-corrected chi connectivity index (χ3v) is 11.6. The molecule has 0 bridgehead atoms. The van der Waals surface area contributed by atoms with Gasteiger partial charge in [0.1, 0.15) is 0 Å². The minimum Gasteiger partial charge on any atom is -0.307 e. The average Bonchev–Trinajstić information content (AvgIpc) is 3.84. The molecule has 10 rings (SSSR count). The summed E-state index contributed by atoms with van der Waals surface area (Å²) in [6.07, 6.45) is -4.82. The third kappa shape index (κ3) is 6.34. The number of fused-ring (bicyclic) bond motifs is 6. The maximum Gasteiger partial charge on any atom is 0.417 e. The average molecular weight is 830 g/mol. The molecule has 298 valence electrons. The number of alkyl halides is 3. The second kappa shape index (κ2) is 14.9. The van der Waals surface area contributed by atoms with Crippen molar-refractivity contribution in [1.82, 2.24) is 9.13 Å². The molecule has 0 saturated carbocycles. The Morgan fingerprint density at radius 1 is 0.344 bits per heavy atom. The summed E-state index contributed by atoms with van der Waals surface area (Å²) in [6, 6.07) is 55.8. The first-order valence-electron chi connectivity index (χ1n) is 19.8. The molecule has 64 heavy (non-hydrogen) atoms. The molecule has 0 amide bonds. The molecule has 0 aliphatic rings. The second-order valence-electron chi connectivity index (χ2n) is 15.3. The van der Waals surface area contributed by atoms with Crippen LogP contribution in [0.3, 0.4) is 0 Å². The molecule has 0 aliphatic heterocycles. The van der Waals surface area contributed by atoms with Crippen LogP contribution in [0.25, 0.3) is 88.4 Å². The lowest BCUT2D eigenvalue weighted by atomic mass is 9.95. The monoisotopic (exact) mass is 829 g/mol. The molecule has 10 heteroatoms. The lowest BCUT2D eigenvalue weighted by Crippen LogP contribution is -2.12. The number of aromatic nitrogens is 2. The maximum atomic E-state index is 15.7. The Kier molecular flexibility index (Phi) is 9.06. The van der Waals surface area contributed by atoms with E-state index in [4.69, 9.17) is 0 Å². The van der Waals surface area contributed by atoms with E-state index in [-0.39, 0.29) is 22.4 Å². The van der Waals surface area contributed by atoms with Crippen LogP contribution < -0.4 is 0 Å². The number of halogens is 3. The molecular formula is C54H26F3N7. The van der Waals surface area contributed by atoms with Crippen LogP contribution in [0.5, 0.6) is 0 Å². The first-order chi connectivity index (χ1) is 31.1. The Morgan fingerprint density at radius 2 is 0.766 bits per heavy atom. The molecule has 0 N–H and O–H groups in total. The fourth-order valence-corrected chi connectivity index (χ4v) is 8.84. The number of benzene rings is 8. The van der Waals surface area contributed by atoms with Gasteiger partial charge < -0.3 is 9.13 Å². The Hall–Kier alpha value is -9.40. The van der Waals surface area contributed by atoms with E-state index in [1.807, 2.05) is 94.1 Å². The number of para-hydroxylation sites is 2. The van der Waals surface area contributed by atoms with E-state index in [9.17, 15) is 26.3 Å². The number of nitriles is 5. The van der Waals surface area contributed by atoms with Crippen molar-refractivity contribution in [3.05, 3.63) is 191 Å². The van der Waals surface area contributed by atoms with Crippen molar-refractivity contribution < 1.29 is 13.2 Å². The van der Waals surface area contributed by atoms with Crippen LogP contribution in [0, 0.1) is 56.7 Å². The standard InChI is InChI=1S/C54H26F3N7/c55-54(56,57)47-26-53(64-49-11-4-2-9-43(49)46-24-38(13-15-51(46)64)41-21-35(30-61)17-36(22-41)31-62)52(25-44(47)39-7-5-6-32(18-39)27-58)63-48-10-3-1-8-42(48)45-23-37(12-14-50(45)63)40-19-33(28-59)16-34(20-40)29-60/h1-26H. The number of hydrogen-bond donors (Lipinski definition) is 0. The molecule has 0 spiro atoms. The van der Waals surface area contributed by atoms with Gasteiger partial charge in [0.25, 0.3) is 0 Å². The van der Waals surface area contributed by atoms with E-state index in [1.165, 1.54) is 24.3 Å². The third-order valence-electron chi connectivity index (χ3n) is 11.6. The topological polar surface area (TPSA) is 129 Å². The van der Waals surface area contributed by atoms with E-state index in [0.29, 0.717) is 66.7 Å². The Balaban J connectivity index is 1.32. The SMILES string of the molecule is N#Cc1cc(C#N)cc(-c2ccc3c(c2)c2ccccc2n3-c2cc(-c3cccc(C#N)c3)c(C(F)(F)F)cc2-n2c3ccccc3c3cc(-c4cc(C#N)cc(C#N)c4)ccc32)c1. The van der Waals surface area contributed by atoms with Gasteiger partial charge in [0.05, 0.1) is 97.2 Å². The molecule has 7 nitrogen and oxygen atoms in total. The largest absolute Gasteiger partial charge is 0.417 e. The van der Waals surface area contributed by atoms with Crippen LogP contribution in [-0.2, 0) is 6.18 Å². The van der Waals surface area contributed by atoms with Gasteiger partial charge in [-0.05, 0) is 130 Å². The van der Waals surface area contributed by atoms with Crippen molar-refractivity contribution in [2.75, 3.05) is 0 Å². The first-order valence-corrected chi connectivity index (χ1v) is 19.8. The van der Waals surface area contributed by atoms with Gasteiger partial charge >= 0.3 is 6.18 Å². The normalized spacial score (nSPS) is 11.3. The van der Waals surface area contributed by atoms with E-state index >= 15 is 13.2 Å². The van der Waals surface area contributed by atoms with Crippen molar-refractivity contribution in [2.24, 2.45) is 0 Å². The summed E-state index contributed by atoms with van der Waals surface area (Å²) in [5.41, 5.74) is 6.81. The molecule has 2 heterocycles. The first kappa shape index (κ1) is 38.8. The molecule has 0 saturated heterocycles. The van der Waals surface area contributed by atoms with Crippen LogP contribution in [0.1, 0.15) is 33.4 Å². The van der Waals surface area contributed by atoms with Gasteiger partial charge in [-0.2, -0.15) is 39.5 Å². The summed E-state index contributed by atoms with van der Waals surface area (Å²) >= 11 is 0. The molecule has 0 radical (unpaired) electrons. The fraction of sp³-hybridized carbons (Fsp3) is 0.0185. The Morgan fingerprint density at radius 3 is 1.22 bits per heavy atom. The molecular weight excluding hydrogens is 804 g/mol. The van der Waals surface area contributed by atoms with Crippen molar-refractivity contribution >= 4 is 43.6 Å². The van der Waals surface area contributed by atoms with Crippen LogP contribution in [0.4, 0.5) is 13.2 Å². The van der Waals surface area contributed by atoms with E-state index in [1.54, 1.807) is 48.5 Å². The maximum absolute atomic E-state index is 15.7. The minimum atomic E-state index is -4.82. The molecule has 0 atom stereocenters. The summed E-state index contributed by atoms with van der Waals surface area (Å²) in [5, 5.41) is 51.9. The summed E-state index contributed by atoms with van der Waals surface area (Å²) in [7, 11) is 0. The van der Waals surface area contributed by atoms with Crippen LogP contribution in [0.15, 0.2) is 158 Å².